The Hall–Kier alpha value is -0.120. The number of nitrogens with one attached hydrogen (secondary N) is 1. The van der Waals surface area contributed by atoms with E-state index in [2.05, 4.69) is 5.32 Å². The third kappa shape index (κ3) is 2.94. The largest absolute Gasteiger partial charge is 0.394 e. The van der Waals surface area contributed by atoms with Gasteiger partial charge in [0.15, 0.2) is 0 Å². The molecule has 3 N–H and O–H groups in total. The average molecular weight is 201 g/mol. The fourth-order valence-corrected chi connectivity index (χ4v) is 2.09. The van der Waals surface area contributed by atoms with Gasteiger partial charge in [-0.25, -0.2) is 0 Å². The van der Waals surface area contributed by atoms with Crippen molar-refractivity contribution in [2.75, 3.05) is 19.8 Å². The minimum atomic E-state index is -0.456. The second kappa shape index (κ2) is 5.69. The molecule has 84 valence electrons. The highest BCUT2D eigenvalue weighted by atomic mass is 16.3. The van der Waals surface area contributed by atoms with Crippen LogP contribution in [0.25, 0.3) is 0 Å². The molecule has 0 spiro atoms. The van der Waals surface area contributed by atoms with Gasteiger partial charge in [0.05, 0.1) is 18.8 Å². The van der Waals surface area contributed by atoms with Gasteiger partial charge in [-0.2, -0.15) is 0 Å². The lowest BCUT2D eigenvalue weighted by atomic mass is 9.97. The molecular weight excluding hydrogens is 178 g/mol. The van der Waals surface area contributed by atoms with Crippen molar-refractivity contribution in [3.8, 4) is 0 Å². The Labute approximate surface area is 86.5 Å². The smallest absolute Gasteiger partial charge is 0.0645 e. The molecule has 1 aliphatic carbocycles. The molecule has 0 aliphatic heterocycles. The Balaban J connectivity index is 2.31. The molecule has 0 amide bonds. The first-order valence-electron chi connectivity index (χ1n) is 5.73. The molecule has 14 heavy (non-hydrogen) atoms. The maximum Gasteiger partial charge on any atom is 0.0645 e. The van der Waals surface area contributed by atoms with Crippen LogP contribution in [-0.2, 0) is 0 Å². The zero-order valence-corrected chi connectivity index (χ0v) is 9.13. The molecule has 0 saturated heterocycles. The van der Waals surface area contributed by atoms with E-state index in [0.717, 1.165) is 18.9 Å². The molecule has 0 bridgehead atoms. The molecule has 0 radical (unpaired) electrons. The van der Waals surface area contributed by atoms with Gasteiger partial charge >= 0.3 is 0 Å². The van der Waals surface area contributed by atoms with Crippen LogP contribution >= 0.6 is 0 Å². The lowest BCUT2D eigenvalue weighted by molar-refractivity contribution is 0.0843. The summed E-state index contributed by atoms with van der Waals surface area (Å²) in [6.45, 7) is 2.97. The van der Waals surface area contributed by atoms with Gasteiger partial charge in [-0.3, -0.25) is 0 Å². The van der Waals surface area contributed by atoms with Crippen molar-refractivity contribution in [1.82, 2.24) is 5.32 Å². The summed E-state index contributed by atoms with van der Waals surface area (Å²) in [5.41, 5.74) is -0.456. The first kappa shape index (κ1) is 12.0. The standard InChI is InChI=1S/C11H23NO2/c1-2-11(8-13,9-14)12-7-10-5-3-4-6-10/h10,12-14H,2-9H2,1H3. The summed E-state index contributed by atoms with van der Waals surface area (Å²) in [4.78, 5) is 0. The molecule has 0 aromatic carbocycles. The Morgan fingerprint density at radius 2 is 1.79 bits per heavy atom. The van der Waals surface area contributed by atoms with Gasteiger partial charge < -0.3 is 15.5 Å². The average Bonchev–Trinajstić information content (AvgIpc) is 2.74. The SMILES string of the molecule is CCC(CO)(CO)NCC1CCCC1. The van der Waals surface area contributed by atoms with Crippen LogP contribution in [-0.4, -0.2) is 35.5 Å². The van der Waals surface area contributed by atoms with Crippen molar-refractivity contribution in [3.63, 3.8) is 0 Å². The molecule has 1 saturated carbocycles. The van der Waals surface area contributed by atoms with Crippen LogP contribution in [0, 0.1) is 5.92 Å². The molecule has 0 unspecified atom stereocenters. The summed E-state index contributed by atoms with van der Waals surface area (Å²) in [6.07, 6.45) is 6.04. The normalized spacial score (nSPS) is 19.1. The van der Waals surface area contributed by atoms with Gasteiger partial charge in [0.1, 0.15) is 0 Å². The van der Waals surface area contributed by atoms with E-state index in [9.17, 15) is 10.2 Å². The van der Waals surface area contributed by atoms with Crippen molar-refractivity contribution < 1.29 is 10.2 Å². The molecule has 1 rings (SSSR count). The predicted molar refractivity (Wildman–Crippen MR) is 57.2 cm³/mol. The highest BCUT2D eigenvalue weighted by molar-refractivity contribution is 4.86. The topological polar surface area (TPSA) is 52.5 Å². The summed E-state index contributed by atoms with van der Waals surface area (Å²) in [5.74, 6) is 0.749. The Morgan fingerprint density at radius 3 is 2.21 bits per heavy atom. The second-order valence-corrected chi connectivity index (χ2v) is 4.48. The van der Waals surface area contributed by atoms with Gasteiger partial charge in [-0.15, -0.1) is 0 Å². The zero-order valence-electron chi connectivity index (χ0n) is 9.13. The van der Waals surface area contributed by atoms with Crippen LogP contribution in [0.15, 0.2) is 0 Å². The van der Waals surface area contributed by atoms with Crippen LogP contribution in [0.3, 0.4) is 0 Å². The molecule has 1 fully saturated rings. The summed E-state index contributed by atoms with van der Waals surface area (Å²) in [6, 6.07) is 0. The van der Waals surface area contributed by atoms with Gasteiger partial charge in [-0.1, -0.05) is 19.8 Å². The maximum atomic E-state index is 9.23. The van der Waals surface area contributed by atoms with Gasteiger partial charge in [-0.05, 0) is 31.7 Å². The minimum Gasteiger partial charge on any atom is -0.394 e. The third-order valence-corrected chi connectivity index (χ3v) is 3.52. The number of aliphatic hydroxyl groups excluding tert-OH is 2. The van der Waals surface area contributed by atoms with Crippen molar-refractivity contribution in [2.45, 2.75) is 44.6 Å². The van der Waals surface area contributed by atoms with E-state index in [1.807, 2.05) is 6.92 Å². The molecule has 0 aromatic rings. The molecule has 3 heteroatoms. The maximum absolute atomic E-state index is 9.23. The quantitative estimate of drug-likeness (QED) is 0.598. The molecule has 0 aromatic heterocycles. The van der Waals surface area contributed by atoms with Crippen molar-refractivity contribution in [3.05, 3.63) is 0 Å². The second-order valence-electron chi connectivity index (χ2n) is 4.48. The van der Waals surface area contributed by atoms with Crippen LogP contribution in [0.4, 0.5) is 0 Å². The molecule has 3 nitrogen and oxygen atoms in total. The van der Waals surface area contributed by atoms with Crippen LogP contribution in [0.5, 0.6) is 0 Å². The predicted octanol–water partition coefficient (Wildman–Crippen LogP) is 0.900. The summed E-state index contributed by atoms with van der Waals surface area (Å²) in [7, 11) is 0. The van der Waals surface area contributed by atoms with Gasteiger partial charge in [0.2, 0.25) is 0 Å². The van der Waals surface area contributed by atoms with Crippen molar-refractivity contribution in [1.29, 1.82) is 0 Å². The number of hydrogen-bond donors (Lipinski definition) is 3. The van der Waals surface area contributed by atoms with Gasteiger partial charge in [0.25, 0.3) is 0 Å². The number of aliphatic hydroxyl groups is 2. The fourth-order valence-electron chi connectivity index (χ4n) is 2.09. The monoisotopic (exact) mass is 201 g/mol. The Morgan fingerprint density at radius 1 is 1.21 bits per heavy atom. The van der Waals surface area contributed by atoms with E-state index in [-0.39, 0.29) is 13.2 Å². The summed E-state index contributed by atoms with van der Waals surface area (Å²) >= 11 is 0. The summed E-state index contributed by atoms with van der Waals surface area (Å²) < 4.78 is 0. The Kier molecular flexibility index (Phi) is 4.85. The lowest BCUT2D eigenvalue weighted by Crippen LogP contribution is -2.52. The van der Waals surface area contributed by atoms with E-state index in [1.165, 1.54) is 25.7 Å². The number of hydrogen-bond acceptors (Lipinski definition) is 3. The zero-order chi connectivity index (χ0) is 10.4. The van der Waals surface area contributed by atoms with Crippen molar-refractivity contribution >= 4 is 0 Å². The van der Waals surface area contributed by atoms with Crippen molar-refractivity contribution in [2.24, 2.45) is 5.92 Å². The van der Waals surface area contributed by atoms with E-state index in [4.69, 9.17) is 0 Å². The first-order chi connectivity index (χ1) is 6.76. The number of rotatable bonds is 6. The Bertz CT molecular complexity index is 143. The van der Waals surface area contributed by atoms with Crippen LogP contribution in [0.1, 0.15) is 39.0 Å². The highest BCUT2D eigenvalue weighted by Gasteiger charge is 2.27. The molecule has 0 atom stereocenters. The first-order valence-corrected chi connectivity index (χ1v) is 5.73. The van der Waals surface area contributed by atoms with E-state index in [0.29, 0.717) is 0 Å². The van der Waals surface area contributed by atoms with E-state index < -0.39 is 5.54 Å². The van der Waals surface area contributed by atoms with E-state index >= 15 is 0 Å². The van der Waals surface area contributed by atoms with E-state index in [1.54, 1.807) is 0 Å². The van der Waals surface area contributed by atoms with Crippen LogP contribution in [0.2, 0.25) is 0 Å². The fraction of sp³-hybridized carbons (Fsp3) is 1.00. The van der Waals surface area contributed by atoms with Crippen LogP contribution < -0.4 is 5.32 Å². The van der Waals surface area contributed by atoms with Gasteiger partial charge in [0, 0.05) is 0 Å². The molecule has 1 aliphatic rings. The molecule has 0 heterocycles. The molecular formula is C11H23NO2. The minimum absolute atomic E-state index is 0.0206. The lowest BCUT2D eigenvalue weighted by Gasteiger charge is -2.31. The summed E-state index contributed by atoms with van der Waals surface area (Å²) in [5, 5.41) is 21.8. The highest BCUT2D eigenvalue weighted by Crippen LogP contribution is 2.24. The third-order valence-electron chi connectivity index (χ3n) is 3.52.